The summed E-state index contributed by atoms with van der Waals surface area (Å²) in [4.78, 5) is 14.3. The van der Waals surface area contributed by atoms with E-state index >= 15 is 0 Å². The van der Waals surface area contributed by atoms with Gasteiger partial charge in [-0.3, -0.25) is 9.98 Å². The number of para-hydroxylation sites is 2. The Kier molecular flexibility index (Phi) is 6.16. The van der Waals surface area contributed by atoms with E-state index in [0.717, 1.165) is 47.0 Å². The van der Waals surface area contributed by atoms with Crippen molar-refractivity contribution in [3.63, 3.8) is 0 Å². The van der Waals surface area contributed by atoms with Crippen LogP contribution in [0.3, 0.4) is 0 Å². The zero-order chi connectivity index (χ0) is 19.5. The smallest absolute Gasteiger partial charge is 0.0856 e. The van der Waals surface area contributed by atoms with Crippen LogP contribution < -0.4 is 0 Å². The van der Waals surface area contributed by atoms with Gasteiger partial charge in [-0.25, -0.2) is 4.98 Å². The third kappa shape index (κ3) is 4.49. The van der Waals surface area contributed by atoms with E-state index in [1.165, 1.54) is 11.1 Å². The molecule has 0 saturated carbocycles. The average Bonchev–Trinajstić information content (AvgIpc) is 3.32. The molecule has 3 nitrogen and oxygen atoms in total. The molecule has 2 aliphatic heterocycles. The van der Waals surface area contributed by atoms with Gasteiger partial charge in [-0.2, -0.15) is 0 Å². The second kappa shape index (κ2) is 8.78. The number of fused-ring (bicyclic) bond motifs is 2. The molecule has 0 unspecified atom stereocenters. The van der Waals surface area contributed by atoms with E-state index in [4.69, 9.17) is 45.1 Å². The number of halogens is 3. The molecule has 141 valence electrons. The molecule has 0 fully saturated rings. The van der Waals surface area contributed by atoms with Crippen LogP contribution in [0.25, 0.3) is 0 Å². The van der Waals surface area contributed by atoms with Gasteiger partial charge in [0.2, 0.25) is 0 Å². The van der Waals surface area contributed by atoms with E-state index in [-0.39, 0.29) is 0 Å². The standard InChI is InChI=1S/C21H15N3.3ClH.Cr/c1-3-8-16-14(6-1)12-20(22-16)18-10-5-11-19(24-18)21-13-15-7-2-4-9-17(15)23-21;;;;/h1-11H,12-13H2;3*1H;/q;;;;+3/p-3. The Morgan fingerprint density at radius 3 is 1.46 bits per heavy atom. The van der Waals surface area contributed by atoms with Crippen LogP contribution in [0.5, 0.6) is 0 Å². The van der Waals surface area contributed by atoms with Gasteiger partial charge in [0, 0.05) is 12.8 Å². The van der Waals surface area contributed by atoms with Crippen molar-refractivity contribution < 1.29 is 11.4 Å². The maximum absolute atomic E-state index is 4.93. The Morgan fingerprint density at radius 1 is 0.607 bits per heavy atom. The van der Waals surface area contributed by atoms with Crippen molar-refractivity contribution in [2.75, 3.05) is 0 Å². The molecule has 0 spiro atoms. The molecule has 2 aliphatic rings. The second-order valence-corrected chi connectivity index (χ2v) is 12.6. The molecule has 0 bridgehead atoms. The molecule has 0 amide bonds. The maximum atomic E-state index is 4.93. The zero-order valence-electron chi connectivity index (χ0n) is 14.6. The van der Waals surface area contributed by atoms with Gasteiger partial charge in [0.05, 0.1) is 34.2 Å². The molecule has 0 radical (unpaired) electrons. The first-order valence-electron chi connectivity index (χ1n) is 8.62. The van der Waals surface area contributed by atoms with Crippen LogP contribution in [0.2, 0.25) is 0 Å². The summed E-state index contributed by atoms with van der Waals surface area (Å²) in [6.07, 6.45) is 1.69. The average molecular weight is 468 g/mol. The molecule has 1 aromatic heterocycles. The zero-order valence-corrected chi connectivity index (χ0v) is 18.2. The Morgan fingerprint density at radius 2 is 1.04 bits per heavy atom. The largest absolute Gasteiger partial charge is 0.251 e. The van der Waals surface area contributed by atoms with E-state index in [2.05, 4.69) is 42.5 Å². The summed E-state index contributed by atoms with van der Waals surface area (Å²) < 4.78 is 0. The number of hydrogen-bond donors (Lipinski definition) is 0. The van der Waals surface area contributed by atoms with Crippen LogP contribution in [0.1, 0.15) is 22.5 Å². The molecule has 3 heterocycles. The van der Waals surface area contributed by atoms with Crippen LogP contribution in [0.4, 0.5) is 11.4 Å². The van der Waals surface area contributed by atoms with E-state index in [1.54, 1.807) is 0 Å². The van der Waals surface area contributed by atoms with Crippen molar-refractivity contribution >= 4 is 52.9 Å². The van der Waals surface area contributed by atoms with Gasteiger partial charge < -0.3 is 0 Å². The summed E-state index contributed by atoms with van der Waals surface area (Å²) in [6, 6.07) is 22.7. The molecule has 7 heteroatoms. The monoisotopic (exact) mass is 466 g/mol. The van der Waals surface area contributed by atoms with Gasteiger partial charge in [-0.05, 0) is 35.4 Å². The SMILES string of the molecule is [Cl][Cr]([Cl])[Cl].c1cc(C2=Nc3ccccc3C2)nc(C2=Nc3ccccc3C2)c1. The third-order valence-electron chi connectivity index (χ3n) is 4.55. The molecular weight excluding hydrogens is 453 g/mol. The van der Waals surface area contributed by atoms with Gasteiger partial charge in [0.15, 0.2) is 0 Å². The van der Waals surface area contributed by atoms with E-state index in [0.29, 0.717) is 0 Å². The second-order valence-electron chi connectivity index (χ2n) is 6.31. The summed E-state index contributed by atoms with van der Waals surface area (Å²) in [7, 11) is 14.8. The first-order valence-corrected chi connectivity index (χ1v) is 13.9. The molecule has 3 aromatic rings. The third-order valence-corrected chi connectivity index (χ3v) is 4.55. The van der Waals surface area contributed by atoms with Crippen LogP contribution in [-0.4, -0.2) is 16.4 Å². The van der Waals surface area contributed by atoms with Gasteiger partial charge >= 0.3 is 41.5 Å². The minimum atomic E-state index is -1.62. The van der Waals surface area contributed by atoms with Crippen LogP contribution in [-0.2, 0) is 24.2 Å². The van der Waals surface area contributed by atoms with Gasteiger partial charge in [-0.15, -0.1) is 0 Å². The molecule has 0 aliphatic carbocycles. The van der Waals surface area contributed by atoms with E-state index in [1.807, 2.05) is 24.3 Å². The molecule has 5 rings (SSSR count). The minimum Gasteiger partial charge on any atom is -0.251 e. The maximum Gasteiger partial charge on any atom is 0.0856 e. The number of aliphatic imine (C=N–C) groups is 2. The van der Waals surface area contributed by atoms with E-state index in [9.17, 15) is 0 Å². The summed E-state index contributed by atoms with van der Waals surface area (Å²) in [5.74, 6) is 0. The summed E-state index contributed by atoms with van der Waals surface area (Å²) >= 11 is -1.62. The van der Waals surface area contributed by atoms with Crippen molar-refractivity contribution in [3.05, 3.63) is 89.2 Å². The molecule has 2 aromatic carbocycles. The number of hydrogen-bond acceptors (Lipinski definition) is 3. The predicted octanol–water partition coefficient (Wildman–Crippen LogP) is 6.50. The topological polar surface area (TPSA) is 37.6 Å². The fourth-order valence-electron chi connectivity index (χ4n) is 3.32. The number of aromatic nitrogens is 1. The number of benzene rings is 2. The van der Waals surface area contributed by atoms with Crippen molar-refractivity contribution in [2.24, 2.45) is 9.98 Å². The van der Waals surface area contributed by atoms with Crippen molar-refractivity contribution in [2.45, 2.75) is 12.8 Å². The quantitative estimate of drug-likeness (QED) is 0.424. The van der Waals surface area contributed by atoms with Crippen molar-refractivity contribution in [3.8, 4) is 0 Å². The minimum absolute atomic E-state index is 0.847. The fraction of sp³-hybridized carbons (Fsp3) is 0.0952. The van der Waals surface area contributed by atoms with Gasteiger partial charge in [0.1, 0.15) is 0 Å². The van der Waals surface area contributed by atoms with Gasteiger partial charge in [-0.1, -0.05) is 42.5 Å². The van der Waals surface area contributed by atoms with Crippen LogP contribution in [0, 0.1) is 0 Å². The molecule has 0 saturated heterocycles. The Labute approximate surface area is 180 Å². The first-order chi connectivity index (χ1) is 13.6. The molecule has 0 N–H and O–H groups in total. The normalized spacial score (nSPS) is 14.0. The molecule has 28 heavy (non-hydrogen) atoms. The Hall–Kier alpha value is -1.67. The number of rotatable bonds is 2. The fourth-order valence-corrected chi connectivity index (χ4v) is 3.32. The first kappa shape index (κ1) is 19.6. The Bertz CT molecular complexity index is 998. The van der Waals surface area contributed by atoms with E-state index < -0.39 is 11.4 Å². The summed E-state index contributed by atoms with van der Waals surface area (Å²) in [5.41, 5.74) is 8.62. The Balaban J connectivity index is 0.000000442. The summed E-state index contributed by atoms with van der Waals surface area (Å²) in [5, 5.41) is 0. The van der Waals surface area contributed by atoms with Crippen molar-refractivity contribution in [1.82, 2.24) is 4.98 Å². The number of pyridine rings is 1. The molecular formula is C21H15Cl3CrN3. The van der Waals surface area contributed by atoms with Crippen LogP contribution in [0.15, 0.2) is 76.7 Å². The van der Waals surface area contributed by atoms with Gasteiger partial charge in [0.25, 0.3) is 0 Å². The number of nitrogens with zero attached hydrogens (tertiary/aromatic N) is 3. The van der Waals surface area contributed by atoms with Crippen molar-refractivity contribution in [1.29, 1.82) is 0 Å². The molecule has 0 atom stereocenters. The predicted molar refractivity (Wildman–Crippen MR) is 114 cm³/mol. The van der Waals surface area contributed by atoms with Crippen LogP contribution >= 0.6 is 30.1 Å². The summed E-state index contributed by atoms with van der Waals surface area (Å²) in [6.45, 7) is 0.